The first-order valence-electron chi connectivity index (χ1n) is 7.06. The van der Waals surface area contributed by atoms with Gasteiger partial charge in [0, 0.05) is 17.6 Å². The number of hydrogen-bond acceptors (Lipinski definition) is 3. The van der Waals surface area contributed by atoms with Crippen LogP contribution < -0.4 is 10.5 Å². The molecular weight excluding hydrogens is 281 g/mol. The van der Waals surface area contributed by atoms with E-state index < -0.39 is 6.36 Å². The van der Waals surface area contributed by atoms with E-state index in [4.69, 9.17) is 5.73 Å². The molecule has 1 fully saturated rings. The Labute approximate surface area is 122 Å². The van der Waals surface area contributed by atoms with Crippen LogP contribution in [0.15, 0.2) is 24.3 Å². The molecule has 0 amide bonds. The van der Waals surface area contributed by atoms with Crippen LogP contribution in [-0.4, -0.2) is 29.9 Å². The zero-order chi connectivity index (χ0) is 15.7. The number of benzene rings is 1. The van der Waals surface area contributed by atoms with Gasteiger partial charge in [0.1, 0.15) is 5.75 Å². The zero-order valence-electron chi connectivity index (χ0n) is 12.3. The number of ether oxygens (including phenoxy) is 1. The number of hydrogen-bond donors (Lipinski definition) is 1. The minimum Gasteiger partial charge on any atom is -0.405 e. The summed E-state index contributed by atoms with van der Waals surface area (Å²) in [5.41, 5.74) is 6.28. The van der Waals surface area contributed by atoms with Gasteiger partial charge in [-0.1, -0.05) is 18.2 Å². The fraction of sp³-hybridized carbons (Fsp3) is 0.600. The van der Waals surface area contributed by atoms with Crippen molar-refractivity contribution in [3.05, 3.63) is 29.8 Å². The lowest BCUT2D eigenvalue weighted by Gasteiger charge is -2.38. The third kappa shape index (κ3) is 3.68. The predicted molar refractivity (Wildman–Crippen MR) is 74.9 cm³/mol. The average molecular weight is 302 g/mol. The second-order valence-electron chi connectivity index (χ2n) is 5.95. The zero-order valence-corrected chi connectivity index (χ0v) is 12.3. The third-order valence-electron chi connectivity index (χ3n) is 4.07. The molecule has 1 unspecified atom stereocenters. The SMILES string of the molecule is CC1(C)CCCN1C(CN)c1ccccc1OC(F)(F)F. The fourth-order valence-electron chi connectivity index (χ4n) is 3.10. The van der Waals surface area contributed by atoms with Crippen molar-refractivity contribution in [1.29, 1.82) is 0 Å². The maximum Gasteiger partial charge on any atom is 0.573 e. The van der Waals surface area contributed by atoms with Gasteiger partial charge in [0.25, 0.3) is 0 Å². The molecule has 0 aliphatic carbocycles. The molecule has 1 aromatic carbocycles. The summed E-state index contributed by atoms with van der Waals surface area (Å²) in [6.45, 7) is 5.27. The first-order chi connectivity index (χ1) is 9.74. The topological polar surface area (TPSA) is 38.5 Å². The van der Waals surface area contributed by atoms with E-state index in [-0.39, 0.29) is 23.9 Å². The van der Waals surface area contributed by atoms with Crippen LogP contribution in [0.25, 0.3) is 0 Å². The average Bonchev–Trinajstić information content (AvgIpc) is 2.71. The molecule has 118 valence electrons. The molecule has 6 heteroatoms. The molecule has 0 aromatic heterocycles. The highest BCUT2D eigenvalue weighted by Crippen LogP contribution is 2.39. The van der Waals surface area contributed by atoms with E-state index >= 15 is 0 Å². The number of halogens is 3. The van der Waals surface area contributed by atoms with E-state index in [9.17, 15) is 13.2 Å². The molecule has 1 atom stereocenters. The Hall–Kier alpha value is -1.27. The monoisotopic (exact) mass is 302 g/mol. The molecule has 2 rings (SSSR count). The molecule has 1 saturated heterocycles. The standard InChI is InChI=1S/C15H21F3N2O/c1-14(2)8-5-9-20(14)12(10-19)11-6-3-4-7-13(11)21-15(16,17)18/h3-4,6-7,12H,5,8-10,19H2,1-2H3. The molecule has 1 heterocycles. The van der Waals surface area contributed by atoms with Gasteiger partial charge in [0.15, 0.2) is 0 Å². The molecule has 3 nitrogen and oxygen atoms in total. The largest absolute Gasteiger partial charge is 0.573 e. The Morgan fingerprint density at radius 1 is 1.33 bits per heavy atom. The van der Waals surface area contributed by atoms with E-state index in [2.05, 4.69) is 23.5 Å². The molecule has 1 aromatic rings. The highest BCUT2D eigenvalue weighted by molar-refractivity contribution is 5.37. The third-order valence-corrected chi connectivity index (χ3v) is 4.07. The number of alkyl halides is 3. The Kier molecular flexibility index (Phi) is 4.49. The fourth-order valence-corrected chi connectivity index (χ4v) is 3.10. The van der Waals surface area contributed by atoms with Crippen molar-refractivity contribution in [2.45, 2.75) is 44.6 Å². The van der Waals surface area contributed by atoms with Crippen LogP contribution in [0.3, 0.4) is 0 Å². The first-order valence-corrected chi connectivity index (χ1v) is 7.06. The number of nitrogens with zero attached hydrogens (tertiary/aromatic N) is 1. The summed E-state index contributed by atoms with van der Waals surface area (Å²) in [5, 5.41) is 0. The van der Waals surface area contributed by atoms with Gasteiger partial charge in [0.2, 0.25) is 0 Å². The molecule has 0 spiro atoms. The van der Waals surface area contributed by atoms with Crippen LogP contribution in [0.2, 0.25) is 0 Å². The minimum absolute atomic E-state index is 0.0740. The van der Waals surface area contributed by atoms with E-state index in [0.29, 0.717) is 5.56 Å². The Morgan fingerprint density at radius 3 is 2.52 bits per heavy atom. The van der Waals surface area contributed by atoms with Crippen molar-refractivity contribution in [2.24, 2.45) is 5.73 Å². The molecular formula is C15H21F3N2O. The maximum absolute atomic E-state index is 12.6. The van der Waals surface area contributed by atoms with Crippen LogP contribution in [-0.2, 0) is 0 Å². The smallest absolute Gasteiger partial charge is 0.405 e. The van der Waals surface area contributed by atoms with Crippen molar-refractivity contribution in [3.8, 4) is 5.75 Å². The van der Waals surface area contributed by atoms with Crippen LogP contribution in [0.4, 0.5) is 13.2 Å². The van der Waals surface area contributed by atoms with Gasteiger partial charge in [-0.05, 0) is 39.3 Å². The summed E-state index contributed by atoms with van der Waals surface area (Å²) in [5.74, 6) is -0.164. The van der Waals surface area contributed by atoms with Gasteiger partial charge in [-0.2, -0.15) is 0 Å². The second kappa shape index (κ2) is 5.85. The number of para-hydroxylation sites is 1. The van der Waals surface area contributed by atoms with Crippen LogP contribution >= 0.6 is 0 Å². The van der Waals surface area contributed by atoms with Crippen molar-refractivity contribution in [2.75, 3.05) is 13.1 Å². The lowest BCUT2D eigenvalue weighted by Crippen LogP contribution is -2.43. The summed E-state index contributed by atoms with van der Waals surface area (Å²) in [7, 11) is 0. The highest BCUT2D eigenvalue weighted by Gasteiger charge is 2.39. The normalized spacial score (nSPS) is 20.5. The molecule has 0 radical (unpaired) electrons. The second-order valence-corrected chi connectivity index (χ2v) is 5.95. The summed E-state index contributed by atoms with van der Waals surface area (Å²) in [4.78, 5) is 2.17. The van der Waals surface area contributed by atoms with Crippen LogP contribution in [0, 0.1) is 0 Å². The first kappa shape index (κ1) is 16.1. The molecule has 21 heavy (non-hydrogen) atoms. The van der Waals surface area contributed by atoms with Crippen LogP contribution in [0.1, 0.15) is 38.3 Å². The van der Waals surface area contributed by atoms with Gasteiger partial charge in [-0.15, -0.1) is 13.2 Å². The quantitative estimate of drug-likeness (QED) is 0.925. The number of rotatable bonds is 4. The van der Waals surface area contributed by atoms with E-state index in [1.807, 2.05) is 0 Å². The predicted octanol–water partition coefficient (Wildman–Crippen LogP) is 3.46. The van der Waals surface area contributed by atoms with Crippen LogP contribution in [0.5, 0.6) is 5.75 Å². The molecule has 2 N–H and O–H groups in total. The van der Waals surface area contributed by atoms with Gasteiger partial charge < -0.3 is 10.5 Å². The van der Waals surface area contributed by atoms with Crippen molar-refractivity contribution in [1.82, 2.24) is 4.90 Å². The molecule has 0 saturated carbocycles. The van der Waals surface area contributed by atoms with E-state index in [0.717, 1.165) is 19.4 Å². The molecule has 1 aliphatic heterocycles. The van der Waals surface area contributed by atoms with E-state index in [1.165, 1.54) is 12.1 Å². The lowest BCUT2D eigenvalue weighted by atomic mass is 9.97. The van der Waals surface area contributed by atoms with Gasteiger partial charge >= 0.3 is 6.36 Å². The Morgan fingerprint density at radius 2 is 2.00 bits per heavy atom. The summed E-state index contributed by atoms with van der Waals surface area (Å²) >= 11 is 0. The van der Waals surface area contributed by atoms with Crippen molar-refractivity contribution >= 4 is 0 Å². The van der Waals surface area contributed by atoms with Crippen molar-refractivity contribution in [3.63, 3.8) is 0 Å². The van der Waals surface area contributed by atoms with Gasteiger partial charge in [0.05, 0.1) is 6.04 Å². The number of likely N-dealkylation sites (tertiary alicyclic amines) is 1. The lowest BCUT2D eigenvalue weighted by molar-refractivity contribution is -0.275. The number of nitrogens with two attached hydrogens (primary N) is 1. The Bertz CT molecular complexity index is 488. The molecule has 1 aliphatic rings. The summed E-state index contributed by atoms with van der Waals surface area (Å²) in [6.07, 6.45) is -2.67. The van der Waals surface area contributed by atoms with Gasteiger partial charge in [-0.25, -0.2) is 0 Å². The van der Waals surface area contributed by atoms with Gasteiger partial charge in [-0.3, -0.25) is 4.90 Å². The minimum atomic E-state index is -4.70. The van der Waals surface area contributed by atoms with E-state index in [1.54, 1.807) is 12.1 Å². The maximum atomic E-state index is 12.6. The van der Waals surface area contributed by atoms with Crippen molar-refractivity contribution < 1.29 is 17.9 Å². The Balaban J connectivity index is 2.34. The summed E-state index contributed by atoms with van der Waals surface area (Å²) in [6, 6.07) is 5.97. The summed E-state index contributed by atoms with van der Waals surface area (Å²) < 4.78 is 41.8. The molecule has 0 bridgehead atoms. The highest BCUT2D eigenvalue weighted by atomic mass is 19.4.